The summed E-state index contributed by atoms with van der Waals surface area (Å²) in [6.45, 7) is 0. The molecule has 0 spiro atoms. The van der Waals surface area contributed by atoms with Gasteiger partial charge in [0.25, 0.3) is 0 Å². The highest BCUT2D eigenvalue weighted by Crippen LogP contribution is 2.35. The molecule has 0 unspecified atom stereocenters. The Morgan fingerprint density at radius 1 is 1.24 bits per heavy atom. The molecule has 0 N–H and O–H groups in total. The number of nitrogens with zero attached hydrogens (tertiary/aromatic N) is 1. The number of aromatic nitrogens is 1. The summed E-state index contributed by atoms with van der Waals surface area (Å²) < 4.78 is 24.5. The van der Waals surface area contributed by atoms with Gasteiger partial charge < -0.3 is 9.26 Å². The minimum atomic E-state index is -0.391. The molecule has 3 aromatic rings. The van der Waals surface area contributed by atoms with Gasteiger partial charge in [-0.2, -0.15) is 0 Å². The van der Waals surface area contributed by atoms with Crippen molar-refractivity contribution < 1.29 is 13.7 Å². The van der Waals surface area contributed by atoms with Crippen molar-refractivity contribution in [2.75, 3.05) is 7.11 Å². The van der Waals surface area contributed by atoms with Gasteiger partial charge in [0, 0.05) is 11.6 Å². The maximum atomic E-state index is 14.2. The van der Waals surface area contributed by atoms with E-state index in [1.165, 1.54) is 13.2 Å². The van der Waals surface area contributed by atoms with Gasteiger partial charge in [-0.1, -0.05) is 47.1 Å². The van der Waals surface area contributed by atoms with E-state index in [0.29, 0.717) is 33.0 Å². The molecule has 0 aliphatic carbocycles. The fourth-order valence-corrected chi connectivity index (χ4v) is 2.31. The second-order valence-electron chi connectivity index (χ2n) is 4.38. The van der Waals surface area contributed by atoms with Crippen LogP contribution in [0.1, 0.15) is 11.3 Å². The first-order chi connectivity index (χ1) is 10.2. The molecule has 2 aromatic carbocycles. The van der Waals surface area contributed by atoms with E-state index < -0.39 is 5.83 Å². The van der Waals surface area contributed by atoms with E-state index >= 15 is 0 Å². The molecule has 5 heteroatoms. The van der Waals surface area contributed by atoms with Crippen molar-refractivity contribution >= 4 is 34.5 Å². The van der Waals surface area contributed by atoms with Crippen LogP contribution in [0.15, 0.2) is 47.0 Å². The zero-order chi connectivity index (χ0) is 14.8. The second kappa shape index (κ2) is 5.58. The van der Waals surface area contributed by atoms with Gasteiger partial charge in [0.1, 0.15) is 22.3 Å². The Morgan fingerprint density at radius 2 is 2.00 bits per heavy atom. The minimum absolute atomic E-state index is 0.322. The third-order valence-electron chi connectivity index (χ3n) is 3.11. The summed E-state index contributed by atoms with van der Waals surface area (Å²) in [5.41, 5.74) is 1.24. The monoisotopic (exact) mass is 303 g/mol. The van der Waals surface area contributed by atoms with Crippen molar-refractivity contribution in [2.24, 2.45) is 0 Å². The number of halogens is 2. The van der Waals surface area contributed by atoms with Crippen LogP contribution in [0.2, 0.25) is 5.02 Å². The van der Waals surface area contributed by atoms with Crippen LogP contribution in [0.5, 0.6) is 5.75 Å². The highest BCUT2D eigenvalue weighted by atomic mass is 35.5. The lowest BCUT2D eigenvalue weighted by Gasteiger charge is -2.01. The number of ether oxygens (including phenoxy) is 1. The lowest BCUT2D eigenvalue weighted by molar-refractivity contribution is 0.412. The van der Waals surface area contributed by atoms with Gasteiger partial charge in [0.05, 0.1) is 12.5 Å². The molecule has 21 heavy (non-hydrogen) atoms. The van der Waals surface area contributed by atoms with Crippen molar-refractivity contribution in [1.29, 1.82) is 0 Å². The Kier molecular flexibility index (Phi) is 3.62. The number of benzene rings is 2. The van der Waals surface area contributed by atoms with Crippen LogP contribution < -0.4 is 4.74 Å². The first-order valence-electron chi connectivity index (χ1n) is 6.25. The summed E-state index contributed by atoms with van der Waals surface area (Å²) in [7, 11) is 1.51. The number of hydrogen-bond donors (Lipinski definition) is 0. The molecule has 0 saturated carbocycles. The molecule has 0 aliphatic heterocycles. The Labute approximate surface area is 125 Å². The number of methoxy groups -OCH3 is 1. The fraction of sp³-hybridized carbons (Fsp3) is 0.0625. The van der Waals surface area contributed by atoms with Crippen molar-refractivity contribution in [3.63, 3.8) is 0 Å². The molecule has 0 amide bonds. The minimum Gasteiger partial charge on any atom is -0.495 e. The van der Waals surface area contributed by atoms with Gasteiger partial charge in [0.2, 0.25) is 0 Å². The predicted octanol–water partition coefficient (Wildman–Crippen LogP) is 4.96. The van der Waals surface area contributed by atoms with E-state index in [0.717, 1.165) is 0 Å². The molecule has 0 radical (unpaired) electrons. The topological polar surface area (TPSA) is 35.3 Å². The molecule has 3 rings (SSSR count). The first-order valence-corrected chi connectivity index (χ1v) is 6.63. The van der Waals surface area contributed by atoms with E-state index in [9.17, 15) is 4.39 Å². The predicted molar refractivity (Wildman–Crippen MR) is 81.0 cm³/mol. The average molecular weight is 304 g/mol. The van der Waals surface area contributed by atoms with Gasteiger partial charge in [-0.05, 0) is 12.1 Å². The van der Waals surface area contributed by atoms with Crippen molar-refractivity contribution in [2.45, 2.75) is 0 Å². The van der Waals surface area contributed by atoms with Gasteiger partial charge in [-0.3, -0.25) is 0 Å². The number of rotatable bonds is 3. The molecule has 1 heterocycles. The lowest BCUT2D eigenvalue weighted by Crippen LogP contribution is -1.84. The largest absolute Gasteiger partial charge is 0.495 e. The van der Waals surface area contributed by atoms with Crippen LogP contribution in [0.25, 0.3) is 22.9 Å². The molecule has 0 saturated heterocycles. The van der Waals surface area contributed by atoms with E-state index in [-0.39, 0.29) is 0 Å². The summed E-state index contributed by atoms with van der Waals surface area (Å²) in [6, 6.07) is 12.2. The van der Waals surface area contributed by atoms with Gasteiger partial charge in [-0.25, -0.2) is 4.39 Å². The second-order valence-corrected chi connectivity index (χ2v) is 4.76. The van der Waals surface area contributed by atoms with Crippen LogP contribution >= 0.6 is 11.6 Å². The molecular formula is C16H11ClFNO2. The maximum Gasteiger partial charge on any atom is 0.189 e. The summed E-state index contributed by atoms with van der Waals surface area (Å²) in [5, 5.41) is 4.82. The number of hydrogen-bond acceptors (Lipinski definition) is 3. The van der Waals surface area contributed by atoms with E-state index in [2.05, 4.69) is 5.16 Å². The Hall–Kier alpha value is -2.33. The Morgan fingerprint density at radius 3 is 2.71 bits per heavy atom. The van der Waals surface area contributed by atoms with Crippen LogP contribution in [0.3, 0.4) is 0 Å². The molecular weight excluding hydrogens is 293 g/mol. The van der Waals surface area contributed by atoms with E-state index in [1.54, 1.807) is 36.4 Å². The summed E-state index contributed by atoms with van der Waals surface area (Å²) >= 11 is 6.14. The highest BCUT2D eigenvalue weighted by Gasteiger charge is 2.14. The van der Waals surface area contributed by atoms with Crippen LogP contribution in [-0.2, 0) is 0 Å². The van der Waals surface area contributed by atoms with Crippen molar-refractivity contribution in [3.05, 3.63) is 58.7 Å². The van der Waals surface area contributed by atoms with Crippen LogP contribution in [-0.4, -0.2) is 12.3 Å². The molecule has 3 nitrogen and oxygen atoms in total. The van der Waals surface area contributed by atoms with Crippen molar-refractivity contribution in [3.8, 4) is 5.75 Å². The summed E-state index contributed by atoms with van der Waals surface area (Å²) in [4.78, 5) is 0. The summed E-state index contributed by atoms with van der Waals surface area (Å²) in [6.07, 6.45) is 1.32. The zero-order valence-electron chi connectivity index (χ0n) is 11.1. The van der Waals surface area contributed by atoms with Crippen LogP contribution in [0, 0.1) is 0 Å². The van der Waals surface area contributed by atoms with Crippen LogP contribution in [0.4, 0.5) is 4.39 Å². The quantitative estimate of drug-likeness (QED) is 0.686. The summed E-state index contributed by atoms with van der Waals surface area (Å²) in [5.74, 6) is 0.0946. The Balaban J connectivity index is 2.08. The lowest BCUT2D eigenvalue weighted by atomic mass is 10.1. The zero-order valence-corrected chi connectivity index (χ0v) is 11.9. The highest BCUT2D eigenvalue weighted by molar-refractivity contribution is 6.36. The third-order valence-corrected chi connectivity index (χ3v) is 3.46. The molecule has 0 fully saturated rings. The fourth-order valence-electron chi connectivity index (χ4n) is 2.04. The SMILES string of the molecule is COc1ccc2c(C=C(F)c3ccccc3)noc2c1Cl. The molecule has 1 aromatic heterocycles. The molecule has 0 aliphatic rings. The van der Waals surface area contributed by atoms with Gasteiger partial charge in [-0.15, -0.1) is 0 Å². The average Bonchev–Trinajstić information content (AvgIpc) is 2.92. The van der Waals surface area contributed by atoms with Gasteiger partial charge >= 0.3 is 0 Å². The standard InChI is InChI=1S/C16H11ClFNO2/c1-20-14-8-7-11-13(19-21-16(11)15(14)17)9-12(18)10-5-3-2-4-6-10/h2-9H,1H3. The molecule has 0 atom stereocenters. The Bertz CT molecular complexity index is 812. The number of fused-ring (bicyclic) bond motifs is 1. The normalized spacial score (nSPS) is 11.9. The molecule has 106 valence electrons. The van der Waals surface area contributed by atoms with E-state index in [1.807, 2.05) is 6.07 Å². The smallest absolute Gasteiger partial charge is 0.189 e. The molecule has 0 bridgehead atoms. The van der Waals surface area contributed by atoms with Gasteiger partial charge in [0.15, 0.2) is 5.58 Å². The maximum absolute atomic E-state index is 14.2. The third kappa shape index (κ3) is 2.50. The van der Waals surface area contributed by atoms with Crippen molar-refractivity contribution in [1.82, 2.24) is 5.16 Å². The van der Waals surface area contributed by atoms with E-state index in [4.69, 9.17) is 20.9 Å². The first kappa shape index (κ1) is 13.6.